The second-order valence-electron chi connectivity index (χ2n) is 5.34. The van der Waals surface area contributed by atoms with Gasteiger partial charge in [0.25, 0.3) is 0 Å². The van der Waals surface area contributed by atoms with Crippen LogP contribution < -0.4 is 4.74 Å². The molecule has 8 heteroatoms. The third-order valence-electron chi connectivity index (χ3n) is 3.50. The van der Waals surface area contributed by atoms with Crippen LogP contribution in [0.5, 0.6) is 5.75 Å². The number of benzene rings is 2. The van der Waals surface area contributed by atoms with Crippen molar-refractivity contribution in [1.82, 2.24) is 0 Å². The van der Waals surface area contributed by atoms with E-state index in [1.165, 1.54) is 24.3 Å². The molecule has 0 saturated carbocycles. The molecule has 0 aliphatic heterocycles. The Kier molecular flexibility index (Phi) is 5.63. The lowest BCUT2D eigenvalue weighted by atomic mass is 9.90. The monoisotopic (exact) mass is 358 g/mol. The zero-order valence-corrected chi connectivity index (χ0v) is 12.7. The molecule has 2 aromatic rings. The minimum atomic E-state index is -4.86. The summed E-state index contributed by atoms with van der Waals surface area (Å²) in [5, 5.41) is 19.6. The first-order valence-electron chi connectivity index (χ1n) is 7.17. The average Bonchev–Trinajstić information content (AvgIpc) is 2.51. The number of carboxylic acid groups (broad SMARTS) is 1. The topological polar surface area (TPSA) is 66.8 Å². The number of carboxylic acids is 1. The van der Waals surface area contributed by atoms with E-state index in [4.69, 9.17) is 0 Å². The highest BCUT2D eigenvalue weighted by Gasteiger charge is 2.32. The first kappa shape index (κ1) is 18.7. The third-order valence-corrected chi connectivity index (χ3v) is 3.50. The Morgan fingerprint density at radius 3 is 2.32 bits per heavy atom. The molecule has 2 rings (SSSR count). The first-order valence-corrected chi connectivity index (χ1v) is 7.17. The van der Waals surface area contributed by atoms with Gasteiger partial charge in [0.1, 0.15) is 11.6 Å². The molecule has 25 heavy (non-hydrogen) atoms. The molecule has 0 heterocycles. The normalized spacial score (nSPS) is 14.0. The summed E-state index contributed by atoms with van der Waals surface area (Å²) in [6.45, 7) is 0. The number of aliphatic hydroxyl groups is 1. The van der Waals surface area contributed by atoms with Crippen LogP contribution in [0, 0.1) is 11.7 Å². The van der Waals surface area contributed by atoms with Crippen LogP contribution in [0.25, 0.3) is 0 Å². The number of aliphatic carboxylic acids is 1. The molecule has 0 radical (unpaired) electrons. The SMILES string of the molecule is O=C(O)C(Cc1cccc(OC(F)(F)F)c1)C(O)c1ccc(F)cc1. The molecule has 0 amide bonds. The Morgan fingerprint density at radius 2 is 1.76 bits per heavy atom. The van der Waals surface area contributed by atoms with Gasteiger partial charge in [-0.2, -0.15) is 0 Å². The van der Waals surface area contributed by atoms with Gasteiger partial charge < -0.3 is 14.9 Å². The zero-order chi connectivity index (χ0) is 18.6. The fourth-order valence-electron chi connectivity index (χ4n) is 2.35. The van der Waals surface area contributed by atoms with Crippen LogP contribution in [0.4, 0.5) is 17.6 Å². The maximum absolute atomic E-state index is 12.9. The number of rotatable bonds is 6. The highest BCUT2D eigenvalue weighted by atomic mass is 19.4. The van der Waals surface area contributed by atoms with Crippen molar-refractivity contribution in [2.24, 2.45) is 5.92 Å². The number of halogens is 4. The summed E-state index contributed by atoms with van der Waals surface area (Å²) in [5.41, 5.74) is 0.437. The smallest absolute Gasteiger partial charge is 0.481 e. The van der Waals surface area contributed by atoms with Gasteiger partial charge in [-0.3, -0.25) is 4.79 Å². The minimum absolute atomic E-state index is 0.191. The molecule has 0 aromatic heterocycles. The fourth-order valence-corrected chi connectivity index (χ4v) is 2.35. The van der Waals surface area contributed by atoms with Crippen LogP contribution in [0.1, 0.15) is 17.2 Å². The van der Waals surface area contributed by atoms with Crippen LogP contribution in [0.2, 0.25) is 0 Å². The minimum Gasteiger partial charge on any atom is -0.481 e. The van der Waals surface area contributed by atoms with Gasteiger partial charge in [0, 0.05) is 0 Å². The molecule has 2 atom stereocenters. The molecule has 2 N–H and O–H groups in total. The van der Waals surface area contributed by atoms with E-state index in [0.717, 1.165) is 24.3 Å². The highest BCUT2D eigenvalue weighted by Crippen LogP contribution is 2.28. The lowest BCUT2D eigenvalue weighted by Crippen LogP contribution is -2.24. The van der Waals surface area contributed by atoms with Crippen molar-refractivity contribution < 1.29 is 37.3 Å². The van der Waals surface area contributed by atoms with Gasteiger partial charge in [-0.1, -0.05) is 24.3 Å². The van der Waals surface area contributed by atoms with Crippen LogP contribution >= 0.6 is 0 Å². The van der Waals surface area contributed by atoms with Gasteiger partial charge >= 0.3 is 12.3 Å². The second-order valence-corrected chi connectivity index (χ2v) is 5.34. The van der Waals surface area contributed by atoms with Crippen LogP contribution in [-0.2, 0) is 11.2 Å². The van der Waals surface area contributed by atoms with Crippen molar-refractivity contribution in [2.45, 2.75) is 18.9 Å². The number of ether oxygens (including phenoxy) is 1. The molecule has 134 valence electrons. The second kappa shape index (κ2) is 7.52. The van der Waals surface area contributed by atoms with E-state index >= 15 is 0 Å². The summed E-state index contributed by atoms with van der Waals surface area (Å²) in [7, 11) is 0. The van der Waals surface area contributed by atoms with E-state index in [-0.39, 0.29) is 17.5 Å². The van der Waals surface area contributed by atoms with Crippen LogP contribution in [-0.4, -0.2) is 22.5 Å². The maximum Gasteiger partial charge on any atom is 0.573 e. The van der Waals surface area contributed by atoms with E-state index in [1.54, 1.807) is 0 Å². The Morgan fingerprint density at radius 1 is 1.12 bits per heavy atom. The lowest BCUT2D eigenvalue weighted by Gasteiger charge is -2.20. The number of hydrogen-bond donors (Lipinski definition) is 2. The van der Waals surface area contributed by atoms with Crippen molar-refractivity contribution in [2.75, 3.05) is 0 Å². The van der Waals surface area contributed by atoms with E-state index < -0.39 is 35.9 Å². The molecule has 0 aliphatic rings. The number of alkyl halides is 3. The Labute approximate surface area is 140 Å². The molecule has 0 aliphatic carbocycles. The summed E-state index contributed by atoms with van der Waals surface area (Å²) < 4.78 is 53.5. The predicted molar refractivity (Wildman–Crippen MR) is 79.3 cm³/mol. The van der Waals surface area contributed by atoms with Crippen LogP contribution in [0.15, 0.2) is 48.5 Å². The van der Waals surface area contributed by atoms with E-state index in [1.807, 2.05) is 0 Å². The summed E-state index contributed by atoms with van der Waals surface area (Å²) in [6, 6.07) is 9.52. The molecule has 4 nitrogen and oxygen atoms in total. The van der Waals surface area contributed by atoms with E-state index in [2.05, 4.69) is 4.74 Å². The summed E-state index contributed by atoms with van der Waals surface area (Å²) in [5.74, 6) is -3.68. The molecule has 2 aromatic carbocycles. The van der Waals surface area contributed by atoms with Gasteiger partial charge in [-0.15, -0.1) is 13.2 Å². The number of carbonyl (C=O) groups is 1. The number of hydrogen-bond acceptors (Lipinski definition) is 3. The lowest BCUT2D eigenvalue weighted by molar-refractivity contribution is -0.274. The predicted octanol–water partition coefficient (Wildman–Crippen LogP) is 3.70. The standard InChI is InChI=1S/C17H14F4O4/c18-12-6-4-11(5-7-12)15(22)14(16(23)24)9-10-2-1-3-13(8-10)25-17(19,20)21/h1-8,14-15,22H,9H2,(H,23,24). The quantitative estimate of drug-likeness (QED) is 0.773. The molecule has 0 fully saturated rings. The third kappa shape index (κ3) is 5.46. The first-order chi connectivity index (χ1) is 11.7. The Balaban J connectivity index is 2.20. The largest absolute Gasteiger partial charge is 0.573 e. The Hall–Kier alpha value is -2.61. The van der Waals surface area contributed by atoms with Crippen LogP contribution in [0.3, 0.4) is 0 Å². The van der Waals surface area contributed by atoms with Gasteiger partial charge in [-0.05, 0) is 41.8 Å². The number of aliphatic hydroxyl groups excluding tert-OH is 1. The fraction of sp³-hybridized carbons (Fsp3) is 0.235. The highest BCUT2D eigenvalue weighted by molar-refractivity contribution is 5.71. The molecular formula is C17H14F4O4. The summed E-state index contributed by atoms with van der Waals surface area (Å²) in [6.07, 6.45) is -6.55. The maximum atomic E-state index is 12.9. The van der Waals surface area contributed by atoms with Gasteiger partial charge in [0.15, 0.2) is 0 Å². The summed E-state index contributed by atoms with van der Waals surface area (Å²) in [4.78, 5) is 11.5. The molecular weight excluding hydrogens is 344 g/mol. The van der Waals surface area contributed by atoms with Crippen molar-refractivity contribution in [1.29, 1.82) is 0 Å². The van der Waals surface area contributed by atoms with Crippen molar-refractivity contribution >= 4 is 5.97 Å². The van der Waals surface area contributed by atoms with E-state index in [9.17, 15) is 32.6 Å². The van der Waals surface area contributed by atoms with Crippen molar-refractivity contribution in [3.8, 4) is 5.75 Å². The average molecular weight is 358 g/mol. The van der Waals surface area contributed by atoms with Crippen molar-refractivity contribution in [3.63, 3.8) is 0 Å². The van der Waals surface area contributed by atoms with E-state index in [0.29, 0.717) is 0 Å². The molecule has 0 saturated heterocycles. The van der Waals surface area contributed by atoms with Gasteiger partial charge in [0.2, 0.25) is 0 Å². The molecule has 0 bridgehead atoms. The van der Waals surface area contributed by atoms with Gasteiger partial charge in [-0.25, -0.2) is 4.39 Å². The zero-order valence-electron chi connectivity index (χ0n) is 12.7. The van der Waals surface area contributed by atoms with Gasteiger partial charge in [0.05, 0.1) is 12.0 Å². The molecule has 0 spiro atoms. The Bertz CT molecular complexity index is 728. The summed E-state index contributed by atoms with van der Waals surface area (Å²) >= 11 is 0. The van der Waals surface area contributed by atoms with Crippen molar-refractivity contribution in [3.05, 3.63) is 65.5 Å². The molecule has 2 unspecified atom stereocenters.